The van der Waals surface area contributed by atoms with E-state index < -0.39 is 16.4 Å². The Labute approximate surface area is 206 Å². The summed E-state index contributed by atoms with van der Waals surface area (Å²) in [6.45, 7) is 15.9. The van der Waals surface area contributed by atoms with Crippen molar-refractivity contribution in [2.24, 2.45) is 0 Å². The first-order valence-corrected chi connectivity index (χ1v) is 10.5. The molecule has 1 heterocycles. The van der Waals surface area contributed by atoms with E-state index >= 15 is 0 Å². The van der Waals surface area contributed by atoms with Gasteiger partial charge in [-0.1, -0.05) is 56.2 Å². The summed E-state index contributed by atoms with van der Waals surface area (Å²) in [4.78, 5) is 5.32. The third-order valence-corrected chi connectivity index (χ3v) is 5.84. The molecule has 172 valence electrons. The van der Waals surface area contributed by atoms with Gasteiger partial charge in [0.05, 0.1) is 17.3 Å². The summed E-state index contributed by atoms with van der Waals surface area (Å²) in [6, 6.07) is 16.7. The number of aromatic nitrogens is 3. The monoisotopic (exact) mass is 505 g/mol. The Balaban J connectivity index is 0. The van der Waals surface area contributed by atoms with Gasteiger partial charge < -0.3 is 5.11 Å². The maximum Gasteiger partial charge on any atom is 0 e. The minimum absolute atomic E-state index is 0. The number of aliphatic hydroxyl groups is 1. The zero-order chi connectivity index (χ0) is 24.4. The van der Waals surface area contributed by atoms with Crippen LogP contribution in [0.5, 0.6) is 0 Å². The molecule has 0 unspecified atom stereocenters. The van der Waals surface area contributed by atoms with Crippen LogP contribution in [-0.4, -0.2) is 24.1 Å². The fourth-order valence-corrected chi connectivity index (χ4v) is 4.35. The van der Waals surface area contributed by atoms with Gasteiger partial charge in [-0.05, 0) is 24.6 Å². The van der Waals surface area contributed by atoms with Gasteiger partial charge in [0.15, 0.2) is 0 Å². The fraction of sp³-hybridized carbons (Fsp3) is 0.261. The van der Waals surface area contributed by atoms with Crippen LogP contribution in [0.2, 0.25) is 0 Å². The molecule has 0 radical (unpaired) electrons. The van der Waals surface area contributed by atoms with Crippen molar-refractivity contribution in [3.8, 4) is 0 Å². The Morgan fingerprint density at radius 1 is 1.00 bits per heavy atom. The molecule has 2 aromatic carbocycles. The standard InChI is InChI=1S/C20H23N3O2S.3CO.Cr/c1-2-3-13-20(24,14-23-16-21-15-22-23)18-11-7-8-12-19(18)26(25)17-9-5-4-6-10-17;3*1-2;/h4-12,15-16,24H,2-3,13-14H2,1H3;;;;/t20-,26+;;;;/m1..../s1. The van der Waals surface area contributed by atoms with Crippen molar-refractivity contribution in [3.63, 3.8) is 0 Å². The average Bonchev–Trinajstić information content (AvgIpc) is 3.39. The number of unbranched alkanes of at least 4 members (excludes halogenated alkanes) is 1. The Morgan fingerprint density at radius 3 is 2.12 bits per heavy atom. The van der Waals surface area contributed by atoms with E-state index in [1.54, 1.807) is 11.0 Å². The van der Waals surface area contributed by atoms with E-state index in [0.717, 1.165) is 17.7 Å². The molecule has 0 amide bonds. The van der Waals surface area contributed by atoms with E-state index in [9.17, 15) is 9.32 Å². The normalized spacial score (nSPS) is 11.8. The van der Waals surface area contributed by atoms with Gasteiger partial charge in [0, 0.05) is 32.7 Å². The maximum absolute atomic E-state index is 13.2. The molecule has 0 bridgehead atoms. The minimum Gasteiger partial charge on any atom is 0 e. The van der Waals surface area contributed by atoms with E-state index in [4.69, 9.17) is 14.0 Å². The van der Waals surface area contributed by atoms with Crippen LogP contribution in [-0.2, 0) is 54.3 Å². The zero-order valence-electron chi connectivity index (χ0n) is 17.9. The van der Waals surface area contributed by atoms with Gasteiger partial charge in [-0.25, -0.2) is 13.9 Å². The third kappa shape index (κ3) is 9.85. The van der Waals surface area contributed by atoms with Crippen molar-refractivity contribution >= 4 is 10.8 Å². The summed E-state index contributed by atoms with van der Waals surface area (Å²) < 4.78 is 37.3. The topological polar surface area (TPSA) is 128 Å². The zero-order valence-corrected chi connectivity index (χ0v) is 20.0. The molecule has 3 rings (SSSR count). The van der Waals surface area contributed by atoms with Crippen LogP contribution in [0, 0.1) is 20.0 Å². The van der Waals surface area contributed by atoms with Crippen LogP contribution in [0.1, 0.15) is 31.7 Å². The third-order valence-electron chi connectivity index (χ3n) is 4.38. The van der Waals surface area contributed by atoms with E-state index in [1.807, 2.05) is 54.6 Å². The molecule has 0 aliphatic heterocycles. The van der Waals surface area contributed by atoms with E-state index in [1.165, 1.54) is 6.33 Å². The predicted octanol–water partition coefficient (Wildman–Crippen LogP) is 3.41. The van der Waals surface area contributed by atoms with E-state index in [0.29, 0.717) is 16.9 Å². The van der Waals surface area contributed by atoms with Crippen LogP contribution < -0.4 is 0 Å². The number of hydrogen-bond acceptors (Lipinski definition) is 4. The van der Waals surface area contributed by atoms with Crippen molar-refractivity contribution in [3.05, 3.63) is 92.8 Å². The summed E-state index contributed by atoms with van der Waals surface area (Å²) in [5, 5.41) is 15.7. The molecule has 3 aromatic rings. The molecular weight excluding hydrogens is 482 g/mol. The van der Waals surface area contributed by atoms with E-state index in [-0.39, 0.29) is 23.9 Å². The van der Waals surface area contributed by atoms with Crippen LogP contribution in [0.25, 0.3) is 0 Å². The predicted molar refractivity (Wildman–Crippen MR) is 113 cm³/mol. The van der Waals surface area contributed by atoms with Crippen molar-refractivity contribution in [2.75, 3.05) is 0 Å². The molecule has 0 aliphatic carbocycles. The largest absolute Gasteiger partial charge is 0 e. The molecule has 0 saturated heterocycles. The Morgan fingerprint density at radius 2 is 1.58 bits per heavy atom. The van der Waals surface area contributed by atoms with E-state index in [2.05, 4.69) is 37.0 Å². The molecule has 1 N–H and O–H groups in total. The van der Waals surface area contributed by atoms with Gasteiger partial charge in [-0.3, -0.25) is 0 Å². The van der Waals surface area contributed by atoms with Crippen LogP contribution in [0.3, 0.4) is 0 Å². The number of benzene rings is 2. The van der Waals surface area contributed by atoms with Gasteiger partial charge in [0.25, 0.3) is 0 Å². The number of hydrogen-bond donors (Lipinski definition) is 1. The second kappa shape index (κ2) is 19.0. The molecule has 33 heavy (non-hydrogen) atoms. The van der Waals surface area contributed by atoms with Crippen molar-refractivity contribution in [2.45, 2.75) is 48.1 Å². The maximum atomic E-state index is 13.2. The first kappa shape index (κ1) is 32.6. The van der Waals surface area contributed by atoms with Crippen LogP contribution >= 0.6 is 0 Å². The Bertz CT molecular complexity index is 980. The van der Waals surface area contributed by atoms with Gasteiger partial charge in [-0.15, -0.1) is 0 Å². The molecule has 2 atom stereocenters. The summed E-state index contributed by atoms with van der Waals surface area (Å²) in [6.07, 6.45) is 5.43. The molecule has 10 heteroatoms. The Hall–Kier alpha value is -2.56. The molecule has 0 fully saturated rings. The van der Waals surface area contributed by atoms with Gasteiger partial charge in [-0.2, -0.15) is 5.10 Å². The average molecular weight is 506 g/mol. The smallest absolute Gasteiger partial charge is 0 e. The van der Waals surface area contributed by atoms with Gasteiger partial charge >= 0.3 is 33.9 Å². The second-order valence-electron chi connectivity index (χ2n) is 6.31. The first-order valence-electron chi connectivity index (χ1n) is 9.36. The van der Waals surface area contributed by atoms with Gasteiger partial charge in [0.2, 0.25) is 0 Å². The van der Waals surface area contributed by atoms with Crippen LogP contribution in [0.15, 0.2) is 77.0 Å². The molecule has 0 saturated carbocycles. The van der Waals surface area contributed by atoms with Gasteiger partial charge in [0.1, 0.15) is 18.3 Å². The van der Waals surface area contributed by atoms with Crippen molar-refractivity contribution < 1.29 is 40.6 Å². The molecular formula is C23H23CrN3O5S. The first-order chi connectivity index (χ1) is 15.6. The summed E-state index contributed by atoms with van der Waals surface area (Å²) >= 11 is 0. The van der Waals surface area contributed by atoms with Crippen LogP contribution in [0.4, 0.5) is 0 Å². The fourth-order valence-electron chi connectivity index (χ4n) is 3.03. The molecule has 8 nitrogen and oxygen atoms in total. The number of nitrogens with zero attached hydrogens (tertiary/aromatic N) is 3. The Kier molecular flexibility index (Phi) is 18.7. The summed E-state index contributed by atoms with van der Waals surface area (Å²) in [7, 11) is -1.36. The molecule has 0 aliphatic rings. The molecule has 0 spiro atoms. The van der Waals surface area contributed by atoms with Crippen molar-refractivity contribution in [1.82, 2.24) is 14.8 Å². The second-order valence-corrected chi connectivity index (χ2v) is 7.75. The summed E-state index contributed by atoms with van der Waals surface area (Å²) in [5.41, 5.74) is -0.476. The minimum atomic E-state index is -1.36. The quantitative estimate of drug-likeness (QED) is 0.372. The SMILES string of the molecule is CCCC[C@@](O)(Cn1cncn1)c1ccccc1[S@@](=O)c1ccccc1.[C-]#[O+].[C-]#[O+].[C-]#[O+].[Cr]. The van der Waals surface area contributed by atoms with Crippen molar-refractivity contribution in [1.29, 1.82) is 0 Å². The summed E-state index contributed by atoms with van der Waals surface area (Å²) in [5.74, 6) is 0. The number of rotatable bonds is 8. The molecule has 1 aromatic heterocycles.